The first-order valence-electron chi connectivity index (χ1n) is 7.54. The lowest BCUT2D eigenvalue weighted by Crippen LogP contribution is -2.18. The van der Waals surface area contributed by atoms with E-state index in [4.69, 9.17) is 21.1 Å². The molecule has 1 aliphatic rings. The Morgan fingerprint density at radius 3 is 2.87 bits per heavy atom. The second-order valence-corrected chi connectivity index (χ2v) is 6.01. The predicted molar refractivity (Wildman–Crippen MR) is 91.5 cm³/mol. The van der Waals surface area contributed by atoms with E-state index in [1.54, 1.807) is 6.20 Å². The molecule has 6 heteroatoms. The van der Waals surface area contributed by atoms with Crippen molar-refractivity contribution in [2.45, 2.75) is 13.1 Å². The van der Waals surface area contributed by atoms with Gasteiger partial charge in [0.05, 0.1) is 5.02 Å². The Bertz CT molecular complexity index is 692. The van der Waals surface area contributed by atoms with E-state index in [1.165, 1.54) is 0 Å². The number of nitrogens with one attached hydrogen (secondary N) is 1. The normalized spacial score (nSPS) is 13.0. The van der Waals surface area contributed by atoms with E-state index in [0.29, 0.717) is 30.5 Å². The van der Waals surface area contributed by atoms with Gasteiger partial charge in [-0.3, -0.25) is 4.98 Å². The fourth-order valence-electron chi connectivity index (χ4n) is 2.60. The fourth-order valence-corrected chi connectivity index (χ4v) is 2.89. The molecule has 1 N–H and O–H groups in total. The van der Waals surface area contributed by atoms with Gasteiger partial charge in [-0.15, -0.1) is 0 Å². The van der Waals surface area contributed by atoms with E-state index in [0.717, 1.165) is 29.1 Å². The van der Waals surface area contributed by atoms with E-state index < -0.39 is 0 Å². The Morgan fingerprint density at radius 2 is 2.04 bits per heavy atom. The number of aromatic nitrogens is 1. The minimum atomic E-state index is 0.540. The zero-order valence-electron chi connectivity index (χ0n) is 13.3. The molecule has 1 aliphatic heterocycles. The van der Waals surface area contributed by atoms with Crippen molar-refractivity contribution in [2.24, 2.45) is 0 Å². The van der Waals surface area contributed by atoms with Crippen LogP contribution in [0, 0.1) is 0 Å². The fraction of sp³-hybridized carbons (Fsp3) is 0.353. The number of anilines is 1. The largest absolute Gasteiger partial charge is 0.486 e. The summed E-state index contributed by atoms with van der Waals surface area (Å²) in [5.74, 6) is 1.36. The van der Waals surface area contributed by atoms with Gasteiger partial charge in [0.15, 0.2) is 11.5 Å². The van der Waals surface area contributed by atoms with Crippen molar-refractivity contribution in [3.05, 3.63) is 46.7 Å². The highest BCUT2D eigenvalue weighted by Crippen LogP contribution is 2.38. The molecule has 2 aromatic rings. The van der Waals surface area contributed by atoms with Gasteiger partial charge in [-0.2, -0.15) is 0 Å². The third kappa shape index (κ3) is 3.68. The van der Waals surface area contributed by atoms with Crippen LogP contribution in [0.25, 0.3) is 0 Å². The summed E-state index contributed by atoms with van der Waals surface area (Å²) in [6, 6.07) is 5.90. The standard InChI is InChI=1S/C17H20ClN3O2/c1-21(2)15-3-4-19-10-13(15)11-20-9-12-7-14(18)17-16(8-12)22-5-6-23-17/h3-4,7-8,10,20H,5-6,9,11H2,1-2H3. The molecule has 0 spiro atoms. The second kappa shape index (κ2) is 7.06. The number of nitrogens with zero attached hydrogens (tertiary/aromatic N) is 2. The van der Waals surface area contributed by atoms with Crippen molar-refractivity contribution in [2.75, 3.05) is 32.2 Å². The Labute approximate surface area is 141 Å². The molecule has 0 atom stereocenters. The third-order valence-corrected chi connectivity index (χ3v) is 3.94. The monoisotopic (exact) mass is 333 g/mol. The summed E-state index contributed by atoms with van der Waals surface area (Å²) < 4.78 is 11.1. The molecule has 0 saturated heterocycles. The maximum absolute atomic E-state index is 6.26. The number of rotatable bonds is 5. The number of ether oxygens (including phenoxy) is 2. The first kappa shape index (κ1) is 15.9. The number of benzene rings is 1. The molecule has 0 radical (unpaired) electrons. The molecule has 1 aromatic carbocycles. The minimum absolute atomic E-state index is 0.540. The number of hydrogen-bond donors (Lipinski definition) is 1. The number of halogens is 1. The molecule has 0 aliphatic carbocycles. The van der Waals surface area contributed by atoms with Gasteiger partial charge in [0.2, 0.25) is 0 Å². The second-order valence-electron chi connectivity index (χ2n) is 5.60. The molecule has 0 fully saturated rings. The topological polar surface area (TPSA) is 46.6 Å². The van der Waals surface area contributed by atoms with E-state index >= 15 is 0 Å². The average molecular weight is 334 g/mol. The summed E-state index contributed by atoms with van der Waals surface area (Å²) in [5, 5.41) is 4.02. The van der Waals surface area contributed by atoms with Gasteiger partial charge in [-0.05, 0) is 23.8 Å². The molecule has 0 bridgehead atoms. The van der Waals surface area contributed by atoms with Gasteiger partial charge in [-0.25, -0.2) is 0 Å². The van der Waals surface area contributed by atoms with Crippen LogP contribution >= 0.6 is 11.6 Å². The lowest BCUT2D eigenvalue weighted by Gasteiger charge is -2.20. The van der Waals surface area contributed by atoms with E-state index in [-0.39, 0.29) is 0 Å². The van der Waals surface area contributed by atoms with Crippen LogP contribution in [0.4, 0.5) is 5.69 Å². The van der Waals surface area contributed by atoms with Crippen molar-refractivity contribution in [3.63, 3.8) is 0 Å². The molecular formula is C17H20ClN3O2. The predicted octanol–water partition coefficient (Wildman–Crippen LogP) is 2.86. The molecule has 0 unspecified atom stereocenters. The van der Waals surface area contributed by atoms with Crippen molar-refractivity contribution in [1.82, 2.24) is 10.3 Å². The van der Waals surface area contributed by atoms with Gasteiger partial charge >= 0.3 is 0 Å². The van der Waals surface area contributed by atoms with Crippen LogP contribution in [0.5, 0.6) is 11.5 Å². The third-order valence-electron chi connectivity index (χ3n) is 3.66. The molecule has 3 rings (SSSR count). The van der Waals surface area contributed by atoms with E-state index in [1.807, 2.05) is 38.5 Å². The van der Waals surface area contributed by atoms with Crippen LogP contribution in [0.1, 0.15) is 11.1 Å². The number of hydrogen-bond acceptors (Lipinski definition) is 5. The van der Waals surface area contributed by atoms with Crippen LogP contribution in [-0.4, -0.2) is 32.3 Å². The van der Waals surface area contributed by atoms with Gasteiger partial charge in [-0.1, -0.05) is 11.6 Å². The Morgan fingerprint density at radius 1 is 1.22 bits per heavy atom. The molecular weight excluding hydrogens is 314 g/mol. The molecule has 23 heavy (non-hydrogen) atoms. The molecule has 5 nitrogen and oxygen atoms in total. The lowest BCUT2D eigenvalue weighted by atomic mass is 10.1. The van der Waals surface area contributed by atoms with Crippen molar-refractivity contribution in [3.8, 4) is 11.5 Å². The van der Waals surface area contributed by atoms with Crippen LogP contribution in [0.2, 0.25) is 5.02 Å². The number of fused-ring (bicyclic) bond motifs is 1. The summed E-state index contributed by atoms with van der Waals surface area (Å²) >= 11 is 6.26. The molecule has 122 valence electrons. The molecule has 1 aromatic heterocycles. The molecule has 0 amide bonds. The van der Waals surface area contributed by atoms with Gasteiger partial charge in [0.25, 0.3) is 0 Å². The Balaban J connectivity index is 1.66. The van der Waals surface area contributed by atoms with Crippen molar-refractivity contribution in [1.29, 1.82) is 0 Å². The Kier molecular flexibility index (Phi) is 4.88. The van der Waals surface area contributed by atoms with Crippen LogP contribution in [0.3, 0.4) is 0 Å². The van der Waals surface area contributed by atoms with Crippen molar-refractivity contribution >= 4 is 17.3 Å². The Hall–Kier alpha value is -1.98. The molecule has 2 heterocycles. The van der Waals surface area contributed by atoms with Crippen LogP contribution in [-0.2, 0) is 13.1 Å². The average Bonchev–Trinajstić information content (AvgIpc) is 2.55. The zero-order chi connectivity index (χ0) is 16.2. The number of pyridine rings is 1. The van der Waals surface area contributed by atoms with E-state index in [9.17, 15) is 0 Å². The van der Waals surface area contributed by atoms with E-state index in [2.05, 4.69) is 15.2 Å². The maximum atomic E-state index is 6.26. The minimum Gasteiger partial charge on any atom is -0.486 e. The SMILES string of the molecule is CN(C)c1ccncc1CNCc1cc(Cl)c2c(c1)OCCO2. The van der Waals surface area contributed by atoms with Crippen LogP contribution in [0.15, 0.2) is 30.6 Å². The summed E-state index contributed by atoms with van der Waals surface area (Å²) in [6.45, 7) is 2.52. The van der Waals surface area contributed by atoms with Gasteiger partial charge in [0.1, 0.15) is 13.2 Å². The van der Waals surface area contributed by atoms with Crippen LogP contribution < -0.4 is 19.7 Å². The summed E-state index contributed by atoms with van der Waals surface area (Å²) in [6.07, 6.45) is 3.69. The summed E-state index contributed by atoms with van der Waals surface area (Å²) in [7, 11) is 4.05. The van der Waals surface area contributed by atoms with Crippen molar-refractivity contribution < 1.29 is 9.47 Å². The highest BCUT2D eigenvalue weighted by Gasteiger charge is 2.16. The van der Waals surface area contributed by atoms with Gasteiger partial charge in [0, 0.05) is 50.8 Å². The summed E-state index contributed by atoms with van der Waals surface area (Å²) in [5.41, 5.74) is 3.38. The van der Waals surface area contributed by atoms with Gasteiger partial charge < -0.3 is 19.7 Å². The highest BCUT2D eigenvalue weighted by molar-refractivity contribution is 6.32. The zero-order valence-corrected chi connectivity index (χ0v) is 14.1. The summed E-state index contributed by atoms with van der Waals surface area (Å²) in [4.78, 5) is 6.28. The first-order chi connectivity index (χ1) is 11.1. The lowest BCUT2D eigenvalue weighted by molar-refractivity contribution is 0.171. The first-order valence-corrected chi connectivity index (χ1v) is 7.92. The molecule has 0 saturated carbocycles. The smallest absolute Gasteiger partial charge is 0.179 e. The highest BCUT2D eigenvalue weighted by atomic mass is 35.5. The maximum Gasteiger partial charge on any atom is 0.179 e. The quantitative estimate of drug-likeness (QED) is 0.911.